The molecule has 21 heavy (non-hydrogen) atoms. The Morgan fingerprint density at radius 2 is 2.00 bits per heavy atom. The number of nitrogens with two attached hydrogens (primary N) is 1. The van der Waals surface area contributed by atoms with Crippen LogP contribution < -0.4 is 15.8 Å². The quantitative estimate of drug-likeness (QED) is 0.804. The number of amides is 1. The first-order valence-electron chi connectivity index (χ1n) is 6.90. The van der Waals surface area contributed by atoms with Crippen molar-refractivity contribution < 1.29 is 14.3 Å². The molecule has 6 heteroatoms. The Morgan fingerprint density at radius 3 is 2.57 bits per heavy atom. The Bertz CT molecular complexity index is 510. The summed E-state index contributed by atoms with van der Waals surface area (Å²) < 4.78 is 10.8. The Hall–Kier alpha value is -1.66. The topological polar surface area (TPSA) is 73.6 Å². The molecule has 5 nitrogen and oxygen atoms in total. The molecule has 1 fully saturated rings. The minimum atomic E-state index is -0.200. The molecule has 0 saturated carbocycles. The number of carbonyl (C=O) groups excluding carboxylic acids is 1. The van der Waals surface area contributed by atoms with Crippen molar-refractivity contribution in [3.8, 4) is 5.75 Å². The van der Waals surface area contributed by atoms with Gasteiger partial charge in [0.05, 0.1) is 0 Å². The molecule has 0 unspecified atom stereocenters. The molecule has 2 rings (SSSR count). The standard InChI is InChI=1S/C15H20N2O3S/c1-15(6-8-19-9-7-15)17-13(18)10-20-12-4-2-11(3-5-12)14(16)21/h2-5H,6-10H2,1H3,(H2,16,21)(H,17,18). The van der Waals surface area contributed by atoms with E-state index in [2.05, 4.69) is 5.32 Å². The second kappa shape index (κ2) is 6.87. The molecule has 114 valence electrons. The summed E-state index contributed by atoms with van der Waals surface area (Å²) in [7, 11) is 0. The van der Waals surface area contributed by atoms with Gasteiger partial charge in [0.2, 0.25) is 0 Å². The van der Waals surface area contributed by atoms with Gasteiger partial charge in [0, 0.05) is 24.3 Å². The Kier molecular flexibility index (Phi) is 5.14. The number of ether oxygens (including phenoxy) is 2. The van der Waals surface area contributed by atoms with Gasteiger partial charge in [-0.1, -0.05) is 12.2 Å². The van der Waals surface area contributed by atoms with E-state index in [1.54, 1.807) is 24.3 Å². The molecule has 0 aliphatic carbocycles. The highest BCUT2D eigenvalue weighted by Gasteiger charge is 2.28. The number of hydrogen-bond acceptors (Lipinski definition) is 4. The molecule has 1 heterocycles. The van der Waals surface area contributed by atoms with Crippen LogP contribution >= 0.6 is 12.2 Å². The molecule has 3 N–H and O–H groups in total. The molecule has 1 aromatic rings. The van der Waals surface area contributed by atoms with Crippen molar-refractivity contribution >= 4 is 23.1 Å². The van der Waals surface area contributed by atoms with Gasteiger partial charge in [0.15, 0.2) is 6.61 Å². The fraction of sp³-hybridized carbons (Fsp3) is 0.467. The van der Waals surface area contributed by atoms with Crippen molar-refractivity contribution in [3.05, 3.63) is 29.8 Å². The van der Waals surface area contributed by atoms with E-state index in [4.69, 9.17) is 27.4 Å². The van der Waals surface area contributed by atoms with Crippen LogP contribution in [-0.2, 0) is 9.53 Å². The van der Waals surface area contributed by atoms with E-state index in [1.165, 1.54) is 0 Å². The van der Waals surface area contributed by atoms with Crippen molar-refractivity contribution in [2.24, 2.45) is 5.73 Å². The smallest absolute Gasteiger partial charge is 0.258 e. The third kappa shape index (κ3) is 4.68. The molecule has 0 bridgehead atoms. The van der Waals surface area contributed by atoms with Crippen LogP contribution in [0.5, 0.6) is 5.75 Å². The number of rotatable bonds is 5. The van der Waals surface area contributed by atoms with Crippen LogP contribution in [0.3, 0.4) is 0 Å². The van der Waals surface area contributed by atoms with Gasteiger partial charge >= 0.3 is 0 Å². The molecule has 0 atom stereocenters. The average Bonchev–Trinajstić information content (AvgIpc) is 2.46. The van der Waals surface area contributed by atoms with Gasteiger partial charge in [-0.15, -0.1) is 0 Å². The lowest BCUT2D eigenvalue weighted by atomic mass is 9.92. The highest BCUT2D eigenvalue weighted by atomic mass is 32.1. The van der Waals surface area contributed by atoms with Crippen molar-refractivity contribution in [1.29, 1.82) is 0 Å². The van der Waals surface area contributed by atoms with Crippen molar-refractivity contribution in [2.75, 3.05) is 19.8 Å². The summed E-state index contributed by atoms with van der Waals surface area (Å²) in [6, 6.07) is 7.04. The monoisotopic (exact) mass is 308 g/mol. The third-order valence-electron chi connectivity index (χ3n) is 3.55. The summed E-state index contributed by atoms with van der Waals surface area (Å²) in [6.45, 7) is 3.38. The van der Waals surface area contributed by atoms with Crippen LogP contribution in [-0.4, -0.2) is 36.3 Å². The Balaban J connectivity index is 1.82. The molecular formula is C15H20N2O3S. The highest BCUT2D eigenvalue weighted by molar-refractivity contribution is 7.80. The zero-order valence-electron chi connectivity index (χ0n) is 12.1. The zero-order chi connectivity index (χ0) is 15.3. The van der Waals surface area contributed by atoms with E-state index in [0.29, 0.717) is 24.0 Å². The fourth-order valence-corrected chi connectivity index (χ4v) is 2.32. The first kappa shape index (κ1) is 15.7. The van der Waals surface area contributed by atoms with Crippen molar-refractivity contribution in [3.63, 3.8) is 0 Å². The van der Waals surface area contributed by atoms with E-state index in [0.717, 1.165) is 18.4 Å². The van der Waals surface area contributed by atoms with E-state index in [-0.39, 0.29) is 18.1 Å². The Morgan fingerprint density at radius 1 is 1.38 bits per heavy atom. The zero-order valence-corrected chi connectivity index (χ0v) is 12.9. The summed E-state index contributed by atoms with van der Waals surface area (Å²) in [5, 5.41) is 3.01. The first-order chi connectivity index (χ1) is 9.98. The van der Waals surface area contributed by atoms with Gasteiger partial charge in [0.1, 0.15) is 10.7 Å². The summed E-state index contributed by atoms with van der Waals surface area (Å²) in [6.07, 6.45) is 1.64. The SMILES string of the molecule is CC1(NC(=O)COc2ccc(C(N)=S)cc2)CCOCC1. The minimum Gasteiger partial charge on any atom is -0.484 e. The van der Waals surface area contributed by atoms with Gasteiger partial charge < -0.3 is 20.5 Å². The predicted octanol–water partition coefficient (Wildman–Crippen LogP) is 1.38. The maximum absolute atomic E-state index is 11.9. The normalized spacial score (nSPS) is 17.0. The molecule has 1 aliphatic heterocycles. The van der Waals surface area contributed by atoms with Crippen LogP contribution in [0.4, 0.5) is 0 Å². The highest BCUT2D eigenvalue weighted by Crippen LogP contribution is 2.19. The van der Waals surface area contributed by atoms with Gasteiger partial charge in [-0.3, -0.25) is 4.79 Å². The molecule has 0 radical (unpaired) electrons. The lowest BCUT2D eigenvalue weighted by Crippen LogP contribution is -2.50. The summed E-state index contributed by atoms with van der Waals surface area (Å²) in [5.74, 6) is 0.486. The second-order valence-corrected chi connectivity index (χ2v) is 5.84. The molecule has 1 aliphatic rings. The molecule has 0 aromatic heterocycles. The molecular weight excluding hydrogens is 288 g/mol. The van der Waals surface area contributed by atoms with Crippen LogP contribution in [0, 0.1) is 0 Å². The van der Waals surface area contributed by atoms with Crippen LogP contribution in [0.25, 0.3) is 0 Å². The van der Waals surface area contributed by atoms with E-state index < -0.39 is 0 Å². The second-order valence-electron chi connectivity index (χ2n) is 5.40. The van der Waals surface area contributed by atoms with Crippen molar-refractivity contribution in [1.82, 2.24) is 5.32 Å². The maximum atomic E-state index is 11.9. The molecule has 1 aromatic carbocycles. The number of benzene rings is 1. The number of thiocarbonyl (C=S) groups is 1. The number of nitrogens with one attached hydrogen (secondary N) is 1. The molecule has 1 amide bonds. The average molecular weight is 308 g/mol. The largest absolute Gasteiger partial charge is 0.484 e. The Labute approximate surface area is 129 Å². The maximum Gasteiger partial charge on any atom is 0.258 e. The summed E-state index contributed by atoms with van der Waals surface area (Å²) in [5.41, 5.74) is 6.10. The molecule has 1 saturated heterocycles. The third-order valence-corrected chi connectivity index (χ3v) is 3.78. The predicted molar refractivity (Wildman–Crippen MR) is 84.4 cm³/mol. The first-order valence-corrected chi connectivity index (χ1v) is 7.31. The minimum absolute atomic E-state index is 0.0110. The van der Waals surface area contributed by atoms with Crippen LogP contribution in [0.2, 0.25) is 0 Å². The van der Waals surface area contributed by atoms with E-state index in [9.17, 15) is 4.79 Å². The lowest BCUT2D eigenvalue weighted by molar-refractivity contribution is -0.126. The van der Waals surface area contributed by atoms with Gasteiger partial charge in [-0.25, -0.2) is 0 Å². The van der Waals surface area contributed by atoms with Crippen LogP contribution in [0.1, 0.15) is 25.3 Å². The van der Waals surface area contributed by atoms with Gasteiger partial charge in [-0.05, 0) is 44.0 Å². The lowest BCUT2D eigenvalue weighted by Gasteiger charge is -2.34. The summed E-state index contributed by atoms with van der Waals surface area (Å²) in [4.78, 5) is 12.3. The van der Waals surface area contributed by atoms with Gasteiger partial charge in [-0.2, -0.15) is 0 Å². The number of hydrogen-bond donors (Lipinski definition) is 2. The van der Waals surface area contributed by atoms with E-state index >= 15 is 0 Å². The fourth-order valence-electron chi connectivity index (χ4n) is 2.18. The molecule has 0 spiro atoms. The van der Waals surface area contributed by atoms with Gasteiger partial charge in [0.25, 0.3) is 5.91 Å². The van der Waals surface area contributed by atoms with Crippen molar-refractivity contribution in [2.45, 2.75) is 25.3 Å². The van der Waals surface area contributed by atoms with Crippen LogP contribution in [0.15, 0.2) is 24.3 Å². The van der Waals surface area contributed by atoms with E-state index in [1.807, 2.05) is 6.92 Å². The summed E-state index contributed by atoms with van der Waals surface area (Å²) >= 11 is 4.88. The number of carbonyl (C=O) groups is 1.